The number of fused-ring (bicyclic) bond motifs is 1. The maximum absolute atomic E-state index is 12.1. The first-order valence-electron chi connectivity index (χ1n) is 6.18. The van der Waals surface area contributed by atoms with E-state index in [4.69, 9.17) is 9.47 Å². The molecule has 0 aromatic heterocycles. The van der Waals surface area contributed by atoms with Gasteiger partial charge in [0.2, 0.25) is 18.6 Å². The quantitative estimate of drug-likeness (QED) is 0.739. The van der Waals surface area contributed by atoms with E-state index in [1.807, 2.05) is 0 Å². The summed E-state index contributed by atoms with van der Waals surface area (Å²) in [5.41, 5.74) is 0.374. The molecule has 0 aliphatic carbocycles. The van der Waals surface area contributed by atoms with Gasteiger partial charge in [0.05, 0.1) is 0 Å². The molecule has 0 spiro atoms. The fourth-order valence-corrected chi connectivity index (χ4v) is 2.11. The van der Waals surface area contributed by atoms with Crippen LogP contribution in [0, 0.1) is 0 Å². The fraction of sp³-hybridized carbons (Fsp3) is 0.308. The van der Waals surface area contributed by atoms with Crippen LogP contribution in [0.1, 0.15) is 23.2 Å². The molecular formula is C13H12N2O5. The molecular weight excluding hydrogens is 264 g/mol. The van der Waals surface area contributed by atoms with Crippen molar-refractivity contribution in [1.82, 2.24) is 10.6 Å². The molecule has 0 bridgehead atoms. The van der Waals surface area contributed by atoms with Crippen LogP contribution < -0.4 is 20.1 Å². The second-order valence-electron chi connectivity index (χ2n) is 4.55. The lowest BCUT2D eigenvalue weighted by Crippen LogP contribution is -2.52. The van der Waals surface area contributed by atoms with Crippen LogP contribution in [-0.2, 0) is 9.59 Å². The maximum atomic E-state index is 12.1. The zero-order valence-corrected chi connectivity index (χ0v) is 10.5. The molecule has 2 aliphatic heterocycles. The number of carbonyl (C=O) groups is 3. The van der Waals surface area contributed by atoms with Crippen molar-refractivity contribution in [3.05, 3.63) is 23.8 Å². The smallest absolute Gasteiger partial charge is 0.252 e. The highest BCUT2D eigenvalue weighted by Crippen LogP contribution is 2.32. The molecule has 1 unspecified atom stereocenters. The van der Waals surface area contributed by atoms with Crippen molar-refractivity contribution in [3.8, 4) is 11.5 Å². The lowest BCUT2D eigenvalue weighted by molar-refractivity contribution is -0.134. The topological polar surface area (TPSA) is 93.7 Å². The first-order valence-corrected chi connectivity index (χ1v) is 6.18. The Morgan fingerprint density at radius 2 is 2.05 bits per heavy atom. The first-order chi connectivity index (χ1) is 9.63. The second-order valence-corrected chi connectivity index (χ2v) is 4.55. The summed E-state index contributed by atoms with van der Waals surface area (Å²) in [6.45, 7) is 0.132. The highest BCUT2D eigenvalue weighted by atomic mass is 16.7. The number of piperidine rings is 1. The Labute approximate surface area is 114 Å². The Morgan fingerprint density at radius 1 is 1.25 bits per heavy atom. The van der Waals surface area contributed by atoms with Gasteiger partial charge >= 0.3 is 0 Å². The van der Waals surface area contributed by atoms with Gasteiger partial charge in [-0.15, -0.1) is 0 Å². The van der Waals surface area contributed by atoms with Crippen LogP contribution in [0.4, 0.5) is 0 Å². The minimum absolute atomic E-state index is 0.132. The summed E-state index contributed by atoms with van der Waals surface area (Å²) in [6.07, 6.45) is 0.527. The lowest BCUT2D eigenvalue weighted by atomic mass is 10.1. The highest BCUT2D eigenvalue weighted by Gasteiger charge is 2.28. The van der Waals surface area contributed by atoms with Gasteiger partial charge in [-0.2, -0.15) is 0 Å². The van der Waals surface area contributed by atoms with Crippen LogP contribution in [0.3, 0.4) is 0 Å². The third kappa shape index (κ3) is 2.29. The molecule has 0 saturated carbocycles. The average Bonchev–Trinajstić information content (AvgIpc) is 2.89. The molecule has 7 heteroatoms. The predicted octanol–water partition coefficient (Wildman–Crippen LogP) is -0.0497. The number of hydrogen-bond acceptors (Lipinski definition) is 5. The van der Waals surface area contributed by atoms with Crippen LogP contribution in [0.5, 0.6) is 11.5 Å². The molecule has 3 amide bonds. The average molecular weight is 276 g/mol. The summed E-state index contributed by atoms with van der Waals surface area (Å²) in [5.74, 6) is -0.0970. The normalized spacial score (nSPS) is 20.5. The molecule has 1 aromatic carbocycles. The van der Waals surface area contributed by atoms with Crippen LogP contribution in [-0.4, -0.2) is 30.6 Å². The van der Waals surface area contributed by atoms with Crippen molar-refractivity contribution < 1.29 is 23.9 Å². The number of ether oxygens (including phenoxy) is 2. The van der Waals surface area contributed by atoms with Crippen LogP contribution in [0.15, 0.2) is 18.2 Å². The number of carbonyl (C=O) groups excluding carboxylic acids is 3. The van der Waals surface area contributed by atoms with E-state index in [9.17, 15) is 14.4 Å². The molecule has 2 heterocycles. The van der Waals surface area contributed by atoms with E-state index in [0.29, 0.717) is 23.5 Å². The van der Waals surface area contributed by atoms with Crippen LogP contribution >= 0.6 is 0 Å². The van der Waals surface area contributed by atoms with Gasteiger partial charge in [-0.05, 0) is 24.6 Å². The summed E-state index contributed by atoms with van der Waals surface area (Å²) in [7, 11) is 0. The van der Waals surface area contributed by atoms with Gasteiger partial charge in [0.1, 0.15) is 6.04 Å². The third-order valence-corrected chi connectivity index (χ3v) is 3.18. The Kier molecular flexibility index (Phi) is 3.02. The van der Waals surface area contributed by atoms with Crippen molar-refractivity contribution in [2.24, 2.45) is 0 Å². The SMILES string of the molecule is O=C1CCC(NC(=O)c2ccc3c(c2)OCO3)C(=O)N1. The van der Waals surface area contributed by atoms with E-state index in [1.165, 1.54) is 0 Å². The minimum atomic E-state index is -0.689. The molecule has 2 N–H and O–H groups in total. The maximum Gasteiger partial charge on any atom is 0.252 e. The van der Waals surface area contributed by atoms with Gasteiger partial charge in [0.25, 0.3) is 5.91 Å². The Bertz CT molecular complexity index is 598. The lowest BCUT2D eigenvalue weighted by Gasteiger charge is -2.21. The first kappa shape index (κ1) is 12.5. The van der Waals surface area contributed by atoms with E-state index in [0.717, 1.165) is 0 Å². The highest BCUT2D eigenvalue weighted by molar-refractivity contribution is 6.03. The number of hydrogen-bond donors (Lipinski definition) is 2. The molecule has 2 aliphatic rings. The van der Waals surface area contributed by atoms with Gasteiger partial charge in [0, 0.05) is 12.0 Å². The zero-order chi connectivity index (χ0) is 14.1. The molecule has 104 valence electrons. The number of benzene rings is 1. The van der Waals surface area contributed by atoms with E-state index in [-0.39, 0.29) is 19.1 Å². The van der Waals surface area contributed by atoms with Gasteiger partial charge in [0.15, 0.2) is 11.5 Å². The number of nitrogens with one attached hydrogen (secondary N) is 2. The fourth-order valence-electron chi connectivity index (χ4n) is 2.11. The van der Waals surface area contributed by atoms with E-state index in [1.54, 1.807) is 18.2 Å². The summed E-state index contributed by atoms with van der Waals surface area (Å²) in [6, 6.07) is 4.10. The standard InChI is InChI=1S/C13H12N2O5/c16-11-4-2-8(13(18)15-11)14-12(17)7-1-3-9-10(5-7)20-6-19-9/h1,3,5,8H,2,4,6H2,(H,14,17)(H,15,16,18). The van der Waals surface area contributed by atoms with Crippen LogP contribution in [0.25, 0.3) is 0 Å². The van der Waals surface area contributed by atoms with Gasteiger partial charge in [-0.3, -0.25) is 19.7 Å². The minimum Gasteiger partial charge on any atom is -0.454 e. The van der Waals surface area contributed by atoms with Crippen LogP contribution in [0.2, 0.25) is 0 Å². The molecule has 7 nitrogen and oxygen atoms in total. The Balaban J connectivity index is 1.70. The summed E-state index contributed by atoms with van der Waals surface area (Å²) in [4.78, 5) is 34.7. The Hall–Kier alpha value is -2.57. The Morgan fingerprint density at radius 3 is 2.85 bits per heavy atom. The van der Waals surface area contributed by atoms with Gasteiger partial charge in [-0.25, -0.2) is 0 Å². The molecule has 0 radical (unpaired) electrons. The number of rotatable bonds is 2. The summed E-state index contributed by atoms with van der Waals surface area (Å²) < 4.78 is 10.3. The summed E-state index contributed by atoms with van der Waals surface area (Å²) in [5, 5.41) is 4.79. The number of imide groups is 1. The van der Waals surface area contributed by atoms with E-state index >= 15 is 0 Å². The summed E-state index contributed by atoms with van der Waals surface area (Å²) >= 11 is 0. The molecule has 1 atom stereocenters. The van der Waals surface area contributed by atoms with Gasteiger partial charge in [-0.1, -0.05) is 0 Å². The van der Waals surface area contributed by atoms with E-state index in [2.05, 4.69) is 10.6 Å². The van der Waals surface area contributed by atoms with Crippen molar-refractivity contribution in [1.29, 1.82) is 0 Å². The molecule has 20 heavy (non-hydrogen) atoms. The van der Waals surface area contributed by atoms with Crippen molar-refractivity contribution in [2.75, 3.05) is 6.79 Å². The second kappa shape index (κ2) is 4.84. The zero-order valence-electron chi connectivity index (χ0n) is 10.5. The molecule has 1 saturated heterocycles. The van der Waals surface area contributed by atoms with Crippen molar-refractivity contribution >= 4 is 17.7 Å². The van der Waals surface area contributed by atoms with Gasteiger partial charge < -0.3 is 14.8 Å². The molecule has 1 fully saturated rings. The monoisotopic (exact) mass is 276 g/mol. The van der Waals surface area contributed by atoms with Crippen molar-refractivity contribution in [2.45, 2.75) is 18.9 Å². The number of amides is 3. The predicted molar refractivity (Wildman–Crippen MR) is 66.2 cm³/mol. The van der Waals surface area contributed by atoms with Crippen molar-refractivity contribution in [3.63, 3.8) is 0 Å². The molecule has 1 aromatic rings. The third-order valence-electron chi connectivity index (χ3n) is 3.18. The van der Waals surface area contributed by atoms with E-state index < -0.39 is 17.9 Å². The largest absolute Gasteiger partial charge is 0.454 e. The molecule has 3 rings (SSSR count).